The van der Waals surface area contributed by atoms with Crippen LogP contribution in [0.1, 0.15) is 34.0 Å². The average Bonchev–Trinajstić information content (AvgIpc) is 2.96. The Bertz CT molecular complexity index is 1650. The first kappa shape index (κ1) is 31.0. The number of aryl methyl sites for hydroxylation is 2. The number of rotatable bonds is 9. The van der Waals surface area contributed by atoms with Crippen LogP contribution in [0.2, 0.25) is 0 Å². The van der Waals surface area contributed by atoms with Crippen LogP contribution in [0.25, 0.3) is 6.08 Å². The summed E-state index contributed by atoms with van der Waals surface area (Å²) < 4.78 is 16.6. The number of nitrogens with zero attached hydrogens (tertiary/aromatic N) is 1. The number of barbiturate groups is 1. The third-order valence-corrected chi connectivity index (χ3v) is 7.02. The third-order valence-electron chi connectivity index (χ3n) is 6.43. The van der Waals surface area contributed by atoms with Gasteiger partial charge in [-0.3, -0.25) is 19.7 Å². The van der Waals surface area contributed by atoms with Crippen LogP contribution in [0.3, 0.4) is 0 Å². The lowest BCUT2D eigenvalue weighted by Crippen LogP contribution is -2.54. The molecule has 0 spiro atoms. The number of hydrogen-bond donors (Lipinski definition) is 2. The predicted octanol–water partition coefficient (Wildman–Crippen LogP) is 4.94. The number of esters is 1. The zero-order valence-corrected chi connectivity index (χ0v) is 25.4. The van der Waals surface area contributed by atoms with Crippen LogP contribution in [0.15, 0.2) is 64.6 Å². The van der Waals surface area contributed by atoms with Gasteiger partial charge in [0, 0.05) is 5.69 Å². The number of hydrogen-bond acceptors (Lipinski definition) is 8. The highest BCUT2D eigenvalue weighted by Crippen LogP contribution is 2.38. The van der Waals surface area contributed by atoms with E-state index in [0.29, 0.717) is 15.7 Å². The maximum atomic E-state index is 13.3. The van der Waals surface area contributed by atoms with E-state index in [-0.39, 0.29) is 47.4 Å². The lowest BCUT2D eigenvalue weighted by atomic mass is 10.1. The van der Waals surface area contributed by atoms with Crippen LogP contribution >= 0.6 is 15.9 Å². The van der Waals surface area contributed by atoms with Gasteiger partial charge in [0.15, 0.2) is 18.1 Å². The molecule has 0 bridgehead atoms. The summed E-state index contributed by atoms with van der Waals surface area (Å²) in [5.74, 6) is -2.19. The second-order valence-corrected chi connectivity index (χ2v) is 10.2. The Hall–Kier alpha value is -4.97. The van der Waals surface area contributed by atoms with E-state index >= 15 is 0 Å². The minimum Gasteiger partial charge on any atom is -0.490 e. The number of nitrogens with one attached hydrogen (secondary N) is 2. The van der Waals surface area contributed by atoms with E-state index in [4.69, 9.17) is 9.47 Å². The van der Waals surface area contributed by atoms with E-state index < -0.39 is 23.8 Å². The predicted molar refractivity (Wildman–Crippen MR) is 162 cm³/mol. The van der Waals surface area contributed by atoms with E-state index in [9.17, 15) is 24.0 Å². The number of benzene rings is 3. The molecule has 1 aliphatic heterocycles. The molecule has 4 rings (SSSR count). The number of carbonyl (C=O) groups is 5. The maximum absolute atomic E-state index is 13.3. The molecule has 1 saturated heterocycles. The van der Waals surface area contributed by atoms with E-state index in [1.807, 2.05) is 26.0 Å². The normalized spacial score (nSPS) is 13.9. The second kappa shape index (κ2) is 13.3. The van der Waals surface area contributed by atoms with E-state index in [1.54, 1.807) is 25.1 Å². The molecule has 222 valence electrons. The number of amides is 5. The van der Waals surface area contributed by atoms with Gasteiger partial charge < -0.3 is 19.5 Å². The molecule has 3 aromatic rings. The van der Waals surface area contributed by atoms with Gasteiger partial charge in [0.2, 0.25) is 0 Å². The van der Waals surface area contributed by atoms with Crippen molar-refractivity contribution in [1.82, 2.24) is 5.32 Å². The second-order valence-electron chi connectivity index (χ2n) is 9.40. The number of imide groups is 2. The van der Waals surface area contributed by atoms with Crippen molar-refractivity contribution in [1.29, 1.82) is 0 Å². The van der Waals surface area contributed by atoms with Crippen LogP contribution < -0.4 is 25.0 Å². The van der Waals surface area contributed by atoms with Gasteiger partial charge in [0.05, 0.1) is 29.4 Å². The highest BCUT2D eigenvalue weighted by molar-refractivity contribution is 9.10. The summed E-state index contributed by atoms with van der Waals surface area (Å²) in [5.41, 5.74) is 3.23. The molecular weight excluding hydrogens is 622 g/mol. The summed E-state index contributed by atoms with van der Waals surface area (Å²) in [6, 6.07) is 13.4. The molecule has 0 unspecified atom stereocenters. The van der Waals surface area contributed by atoms with Crippen molar-refractivity contribution in [2.24, 2.45) is 0 Å². The Morgan fingerprint density at radius 2 is 1.70 bits per heavy atom. The topological polar surface area (TPSA) is 140 Å². The van der Waals surface area contributed by atoms with Crippen LogP contribution in [0.5, 0.6) is 11.5 Å². The lowest BCUT2D eigenvalue weighted by Gasteiger charge is -2.26. The number of carbonyl (C=O) groups excluding carboxylic acids is 5. The van der Waals surface area contributed by atoms with Gasteiger partial charge in [-0.2, -0.15) is 0 Å². The maximum Gasteiger partial charge on any atom is 0.337 e. The van der Waals surface area contributed by atoms with Crippen molar-refractivity contribution in [3.63, 3.8) is 0 Å². The number of anilines is 2. The molecule has 0 aromatic heterocycles. The number of halogens is 1. The molecule has 12 heteroatoms. The van der Waals surface area contributed by atoms with Crippen LogP contribution in [0, 0.1) is 13.8 Å². The highest BCUT2D eigenvalue weighted by atomic mass is 79.9. The van der Waals surface area contributed by atoms with Crippen LogP contribution in [0.4, 0.5) is 16.2 Å². The fraction of sp³-hybridized carbons (Fsp3) is 0.194. The Balaban J connectivity index is 1.57. The van der Waals surface area contributed by atoms with Gasteiger partial charge in [-0.1, -0.05) is 6.07 Å². The van der Waals surface area contributed by atoms with Crippen LogP contribution in [-0.4, -0.2) is 50.0 Å². The van der Waals surface area contributed by atoms with Crippen molar-refractivity contribution < 1.29 is 38.2 Å². The molecule has 5 amide bonds. The van der Waals surface area contributed by atoms with Gasteiger partial charge in [0.1, 0.15) is 5.57 Å². The summed E-state index contributed by atoms with van der Waals surface area (Å²) >= 11 is 3.43. The van der Waals surface area contributed by atoms with Crippen molar-refractivity contribution in [3.05, 3.63) is 86.9 Å². The first-order chi connectivity index (χ1) is 20.5. The number of ether oxygens (including phenoxy) is 3. The highest BCUT2D eigenvalue weighted by Gasteiger charge is 2.37. The standard InChI is InChI=1S/C31H28BrN3O8/c1-5-42-25-15-19(14-24(32)27(25)43-16-26(36)33-21-9-6-17(2)18(3)12-21)13-23-28(37)34-31(40)35(29(23)38)22-10-7-20(8-11-22)30(39)41-4/h6-15H,5,16H2,1-4H3,(H,33,36)(H,34,37,40)/b23-13-. The van der Waals surface area contributed by atoms with Crippen molar-refractivity contribution >= 4 is 63.1 Å². The molecule has 11 nitrogen and oxygen atoms in total. The first-order valence-corrected chi connectivity index (χ1v) is 13.9. The fourth-order valence-corrected chi connectivity index (χ4v) is 4.73. The zero-order chi connectivity index (χ0) is 31.3. The Morgan fingerprint density at radius 3 is 2.35 bits per heavy atom. The molecule has 0 aliphatic carbocycles. The first-order valence-electron chi connectivity index (χ1n) is 13.1. The van der Waals surface area contributed by atoms with E-state index in [2.05, 4.69) is 31.3 Å². The molecule has 3 aromatic carbocycles. The Labute approximate surface area is 255 Å². The van der Waals surface area contributed by atoms with Crippen molar-refractivity contribution in [2.45, 2.75) is 20.8 Å². The lowest BCUT2D eigenvalue weighted by molar-refractivity contribution is -0.122. The molecular formula is C31H28BrN3O8. The molecule has 1 fully saturated rings. The van der Waals surface area contributed by atoms with Crippen molar-refractivity contribution in [2.75, 3.05) is 30.5 Å². The van der Waals surface area contributed by atoms with Gasteiger partial charge in [0.25, 0.3) is 17.7 Å². The molecule has 0 saturated carbocycles. The molecule has 43 heavy (non-hydrogen) atoms. The molecule has 0 radical (unpaired) electrons. The molecule has 0 atom stereocenters. The monoisotopic (exact) mass is 649 g/mol. The molecule has 2 N–H and O–H groups in total. The van der Waals surface area contributed by atoms with Gasteiger partial charge in [-0.25, -0.2) is 14.5 Å². The van der Waals surface area contributed by atoms with E-state index in [0.717, 1.165) is 16.0 Å². The largest absolute Gasteiger partial charge is 0.490 e. The summed E-state index contributed by atoms with van der Waals surface area (Å²) in [5, 5.41) is 4.95. The zero-order valence-electron chi connectivity index (χ0n) is 23.8. The van der Waals surface area contributed by atoms with Gasteiger partial charge >= 0.3 is 12.0 Å². The third kappa shape index (κ3) is 7.09. The average molecular weight is 650 g/mol. The summed E-state index contributed by atoms with van der Waals surface area (Å²) in [4.78, 5) is 63.7. The minimum atomic E-state index is -0.933. The minimum absolute atomic E-state index is 0.146. The summed E-state index contributed by atoms with van der Waals surface area (Å²) in [6.45, 7) is 5.66. The van der Waals surface area contributed by atoms with Gasteiger partial charge in [-0.15, -0.1) is 0 Å². The van der Waals surface area contributed by atoms with Gasteiger partial charge in [-0.05, 0) is 108 Å². The quantitative estimate of drug-likeness (QED) is 0.189. The molecule has 1 aliphatic rings. The SMILES string of the molecule is CCOc1cc(/C=C2/C(=O)NC(=O)N(c3ccc(C(=O)OC)cc3)C2=O)cc(Br)c1OCC(=O)Nc1ccc(C)c(C)c1. The van der Waals surface area contributed by atoms with Crippen molar-refractivity contribution in [3.8, 4) is 11.5 Å². The van der Waals surface area contributed by atoms with E-state index in [1.165, 1.54) is 37.5 Å². The summed E-state index contributed by atoms with van der Waals surface area (Å²) in [7, 11) is 1.23. The fourth-order valence-electron chi connectivity index (χ4n) is 4.15. The number of urea groups is 1. The number of methoxy groups -OCH3 is 1. The summed E-state index contributed by atoms with van der Waals surface area (Å²) in [6.07, 6.45) is 1.31. The van der Waals surface area contributed by atoms with Crippen LogP contribution in [-0.2, 0) is 19.1 Å². The molecule has 1 heterocycles. The Kier molecular flexibility index (Phi) is 9.61. The Morgan fingerprint density at radius 1 is 0.977 bits per heavy atom. The smallest absolute Gasteiger partial charge is 0.337 e.